The monoisotopic (exact) mass is 223 g/mol. The summed E-state index contributed by atoms with van der Waals surface area (Å²) in [5.41, 5.74) is 0.489. The molecule has 1 amide bonds. The quantitative estimate of drug-likeness (QED) is 0.445. The van der Waals surface area contributed by atoms with Crippen LogP contribution in [-0.2, 0) is 4.79 Å². The molecule has 2 N–H and O–H groups in total. The van der Waals surface area contributed by atoms with Gasteiger partial charge in [-0.25, -0.2) is 0 Å². The summed E-state index contributed by atoms with van der Waals surface area (Å²) < 4.78 is 0. The summed E-state index contributed by atoms with van der Waals surface area (Å²) in [5.74, 6) is -0.121. The van der Waals surface area contributed by atoms with E-state index in [1.54, 1.807) is 18.2 Å². The molecule has 0 bridgehead atoms. The zero-order chi connectivity index (χ0) is 12.0. The van der Waals surface area contributed by atoms with E-state index < -0.39 is 4.92 Å². The molecule has 1 aromatic carbocycles. The number of hydrogen-bond donors (Lipinski definition) is 2. The van der Waals surface area contributed by atoms with Gasteiger partial charge in [0.15, 0.2) is 0 Å². The van der Waals surface area contributed by atoms with Crippen LogP contribution in [0.1, 0.15) is 6.92 Å². The number of benzene rings is 1. The fourth-order valence-corrected chi connectivity index (χ4v) is 1.22. The third-order valence-corrected chi connectivity index (χ3v) is 1.92. The normalized spacial score (nSPS) is 9.56. The van der Waals surface area contributed by atoms with E-state index in [-0.39, 0.29) is 11.6 Å². The van der Waals surface area contributed by atoms with Crippen LogP contribution < -0.4 is 10.6 Å². The minimum atomic E-state index is -0.444. The molecule has 86 valence electrons. The average molecular weight is 223 g/mol. The molecule has 0 unspecified atom stereocenters. The van der Waals surface area contributed by atoms with Crippen molar-refractivity contribution in [2.75, 3.05) is 18.4 Å². The smallest absolute Gasteiger partial charge is 0.292 e. The molecular weight excluding hydrogens is 210 g/mol. The van der Waals surface area contributed by atoms with Gasteiger partial charge in [-0.05, 0) is 6.07 Å². The standard InChI is InChI=1S/C10H13N3O3/c1-8(14)11-6-7-12-9-4-2-3-5-10(9)13(15)16/h2-5,12H,6-7H2,1H3,(H,11,14). The number of para-hydroxylation sites is 2. The predicted molar refractivity (Wildman–Crippen MR) is 60.3 cm³/mol. The number of amides is 1. The fourth-order valence-electron chi connectivity index (χ4n) is 1.22. The molecule has 16 heavy (non-hydrogen) atoms. The molecule has 0 radical (unpaired) electrons. The predicted octanol–water partition coefficient (Wildman–Crippen LogP) is 1.14. The first kappa shape index (κ1) is 12.0. The summed E-state index contributed by atoms with van der Waals surface area (Å²) in [6, 6.07) is 6.39. The number of carbonyl (C=O) groups is 1. The minimum Gasteiger partial charge on any atom is -0.378 e. The lowest BCUT2D eigenvalue weighted by molar-refractivity contribution is -0.384. The summed E-state index contributed by atoms with van der Waals surface area (Å²) >= 11 is 0. The first-order chi connectivity index (χ1) is 7.61. The zero-order valence-electron chi connectivity index (χ0n) is 8.90. The highest BCUT2D eigenvalue weighted by Crippen LogP contribution is 2.22. The Balaban J connectivity index is 2.53. The molecule has 0 aliphatic carbocycles. The van der Waals surface area contributed by atoms with Crippen molar-refractivity contribution >= 4 is 17.3 Å². The second kappa shape index (κ2) is 5.69. The Morgan fingerprint density at radius 2 is 2.06 bits per heavy atom. The van der Waals surface area contributed by atoms with Crippen molar-refractivity contribution in [3.8, 4) is 0 Å². The Hall–Kier alpha value is -2.11. The Kier molecular flexibility index (Phi) is 4.26. The second-order valence-electron chi connectivity index (χ2n) is 3.18. The van der Waals surface area contributed by atoms with Crippen LogP contribution in [0.5, 0.6) is 0 Å². The number of nitrogens with zero attached hydrogens (tertiary/aromatic N) is 1. The van der Waals surface area contributed by atoms with Crippen molar-refractivity contribution < 1.29 is 9.72 Å². The van der Waals surface area contributed by atoms with Crippen molar-refractivity contribution in [3.05, 3.63) is 34.4 Å². The van der Waals surface area contributed by atoms with Gasteiger partial charge in [0.05, 0.1) is 4.92 Å². The van der Waals surface area contributed by atoms with Crippen LogP contribution in [0, 0.1) is 10.1 Å². The SMILES string of the molecule is CC(=O)NCCNc1ccccc1[N+](=O)[O-]. The Bertz CT molecular complexity index is 393. The van der Waals surface area contributed by atoms with Crippen LogP contribution in [0.15, 0.2) is 24.3 Å². The second-order valence-corrected chi connectivity index (χ2v) is 3.18. The maximum atomic E-state index is 10.7. The van der Waals surface area contributed by atoms with Crippen molar-refractivity contribution in [3.63, 3.8) is 0 Å². The molecule has 0 fully saturated rings. The molecule has 0 spiro atoms. The molecule has 6 nitrogen and oxygen atoms in total. The Morgan fingerprint density at radius 3 is 2.69 bits per heavy atom. The molecule has 6 heteroatoms. The van der Waals surface area contributed by atoms with Crippen LogP contribution in [0.2, 0.25) is 0 Å². The van der Waals surface area contributed by atoms with Crippen LogP contribution in [-0.4, -0.2) is 23.9 Å². The van der Waals surface area contributed by atoms with E-state index in [4.69, 9.17) is 0 Å². The molecule has 0 saturated carbocycles. The highest BCUT2D eigenvalue weighted by Gasteiger charge is 2.10. The average Bonchev–Trinajstić information content (AvgIpc) is 2.24. The Morgan fingerprint density at radius 1 is 1.38 bits per heavy atom. The van der Waals surface area contributed by atoms with E-state index in [1.165, 1.54) is 13.0 Å². The third-order valence-electron chi connectivity index (χ3n) is 1.92. The van der Waals surface area contributed by atoms with Crippen LogP contribution in [0.25, 0.3) is 0 Å². The highest BCUT2D eigenvalue weighted by molar-refractivity contribution is 5.72. The first-order valence-corrected chi connectivity index (χ1v) is 4.83. The lowest BCUT2D eigenvalue weighted by Crippen LogP contribution is -2.26. The van der Waals surface area contributed by atoms with E-state index in [0.29, 0.717) is 18.8 Å². The summed E-state index contributed by atoms with van der Waals surface area (Å²) in [5, 5.41) is 16.1. The van der Waals surface area contributed by atoms with Crippen LogP contribution in [0.3, 0.4) is 0 Å². The van der Waals surface area contributed by atoms with Gasteiger partial charge in [0, 0.05) is 26.1 Å². The summed E-state index contributed by atoms with van der Waals surface area (Å²) in [6.45, 7) is 2.30. The van der Waals surface area contributed by atoms with Crippen molar-refractivity contribution in [2.45, 2.75) is 6.92 Å². The van der Waals surface area contributed by atoms with Gasteiger partial charge in [-0.15, -0.1) is 0 Å². The largest absolute Gasteiger partial charge is 0.378 e. The number of carbonyl (C=O) groups excluding carboxylic acids is 1. The highest BCUT2D eigenvalue weighted by atomic mass is 16.6. The lowest BCUT2D eigenvalue weighted by atomic mass is 10.2. The van der Waals surface area contributed by atoms with E-state index >= 15 is 0 Å². The summed E-state index contributed by atoms with van der Waals surface area (Å²) in [6.07, 6.45) is 0. The zero-order valence-corrected chi connectivity index (χ0v) is 8.90. The van der Waals surface area contributed by atoms with Crippen molar-refractivity contribution in [2.24, 2.45) is 0 Å². The van der Waals surface area contributed by atoms with Gasteiger partial charge < -0.3 is 10.6 Å². The van der Waals surface area contributed by atoms with Gasteiger partial charge in [0.25, 0.3) is 5.69 Å². The van der Waals surface area contributed by atoms with Gasteiger partial charge in [-0.3, -0.25) is 14.9 Å². The summed E-state index contributed by atoms with van der Waals surface area (Å²) in [4.78, 5) is 20.8. The Labute approximate surface area is 92.8 Å². The number of nitro benzene ring substituents is 1. The molecule has 0 heterocycles. The number of rotatable bonds is 5. The molecule has 0 aromatic heterocycles. The molecule has 0 saturated heterocycles. The van der Waals surface area contributed by atoms with E-state index in [0.717, 1.165) is 0 Å². The molecule has 0 atom stereocenters. The molecule has 0 aliphatic rings. The van der Waals surface area contributed by atoms with Gasteiger partial charge in [-0.1, -0.05) is 12.1 Å². The third kappa shape index (κ3) is 3.56. The maximum absolute atomic E-state index is 10.7. The van der Waals surface area contributed by atoms with E-state index in [9.17, 15) is 14.9 Å². The van der Waals surface area contributed by atoms with E-state index in [2.05, 4.69) is 10.6 Å². The van der Waals surface area contributed by atoms with E-state index in [1.807, 2.05) is 0 Å². The maximum Gasteiger partial charge on any atom is 0.292 e. The first-order valence-electron chi connectivity index (χ1n) is 4.83. The molecule has 1 aromatic rings. The van der Waals surface area contributed by atoms with Gasteiger partial charge in [-0.2, -0.15) is 0 Å². The van der Waals surface area contributed by atoms with Gasteiger partial charge in [0.1, 0.15) is 5.69 Å². The fraction of sp³-hybridized carbons (Fsp3) is 0.300. The van der Waals surface area contributed by atoms with Gasteiger partial charge in [0.2, 0.25) is 5.91 Å². The van der Waals surface area contributed by atoms with Crippen molar-refractivity contribution in [1.29, 1.82) is 0 Å². The molecule has 0 aliphatic heterocycles. The molecular formula is C10H13N3O3. The number of nitrogens with one attached hydrogen (secondary N) is 2. The number of anilines is 1. The summed E-state index contributed by atoms with van der Waals surface area (Å²) in [7, 11) is 0. The van der Waals surface area contributed by atoms with Crippen LogP contribution >= 0.6 is 0 Å². The topological polar surface area (TPSA) is 84.3 Å². The van der Waals surface area contributed by atoms with Crippen molar-refractivity contribution in [1.82, 2.24) is 5.32 Å². The number of hydrogen-bond acceptors (Lipinski definition) is 4. The minimum absolute atomic E-state index is 0.0327. The van der Waals surface area contributed by atoms with Gasteiger partial charge >= 0.3 is 0 Å². The molecule has 1 rings (SSSR count). The lowest BCUT2D eigenvalue weighted by Gasteiger charge is -2.06. The van der Waals surface area contributed by atoms with Crippen LogP contribution in [0.4, 0.5) is 11.4 Å². The number of nitro groups is 1.